The Morgan fingerprint density at radius 3 is 1.00 bits per heavy atom. The average Bonchev–Trinajstić information content (AvgIpc) is 3.28. The number of ether oxygens (including phenoxy) is 4. The van der Waals surface area contributed by atoms with Gasteiger partial charge < -0.3 is 29.0 Å². The number of hydrogen-bond donors (Lipinski definition) is 1. The van der Waals surface area contributed by atoms with Gasteiger partial charge in [0.25, 0.3) is 0 Å². The molecule has 370 valence electrons. The van der Waals surface area contributed by atoms with Gasteiger partial charge >= 0.3 is 5.97 Å². The molecule has 0 amide bonds. The van der Waals surface area contributed by atoms with Crippen LogP contribution in [0.5, 0.6) is 0 Å². The lowest BCUT2D eigenvalue weighted by Crippen LogP contribution is -2.47. The number of nitrogens with zero attached hydrogens (tertiary/aromatic N) is 2. The molecule has 0 atom stereocenters. The highest BCUT2D eigenvalue weighted by atomic mass is 16.5. The van der Waals surface area contributed by atoms with Gasteiger partial charge in [-0.2, -0.15) is 0 Å². The second-order valence-corrected chi connectivity index (χ2v) is 19.4. The molecule has 8 heteroatoms. The molecule has 0 bridgehead atoms. The number of carbonyl (C=O) groups is 1. The first-order valence-electron chi connectivity index (χ1n) is 27.5. The molecule has 1 fully saturated rings. The van der Waals surface area contributed by atoms with Crippen LogP contribution in [0.2, 0.25) is 0 Å². The van der Waals surface area contributed by atoms with E-state index < -0.39 is 5.41 Å². The summed E-state index contributed by atoms with van der Waals surface area (Å²) in [6.45, 7) is 16.6. The summed E-state index contributed by atoms with van der Waals surface area (Å²) in [6, 6.07) is 0. The van der Waals surface area contributed by atoms with E-state index in [9.17, 15) is 9.90 Å². The Kier molecular flexibility index (Phi) is 44.7. The number of piperazine rings is 1. The van der Waals surface area contributed by atoms with Gasteiger partial charge in [0, 0.05) is 59.0 Å². The first kappa shape index (κ1) is 59.2. The summed E-state index contributed by atoms with van der Waals surface area (Å²) in [5.41, 5.74) is -0.508. The molecule has 0 spiro atoms. The minimum atomic E-state index is -0.508. The van der Waals surface area contributed by atoms with E-state index in [1.807, 2.05) is 0 Å². The third-order valence-corrected chi connectivity index (χ3v) is 13.2. The number of carbonyl (C=O) groups excluding carboxylic acids is 1. The minimum Gasteiger partial charge on any atom is -0.465 e. The zero-order chi connectivity index (χ0) is 44.7. The molecule has 0 aliphatic carbocycles. The highest BCUT2D eigenvalue weighted by Crippen LogP contribution is 2.23. The fourth-order valence-corrected chi connectivity index (χ4v) is 8.85. The van der Waals surface area contributed by atoms with E-state index >= 15 is 0 Å². The summed E-state index contributed by atoms with van der Waals surface area (Å²) >= 11 is 0. The highest BCUT2D eigenvalue weighted by molar-refractivity contribution is 5.69. The molecule has 1 aliphatic heterocycles. The molecular weight excluding hydrogens is 773 g/mol. The molecule has 0 aromatic rings. The van der Waals surface area contributed by atoms with E-state index in [1.165, 1.54) is 193 Å². The third-order valence-electron chi connectivity index (χ3n) is 13.2. The van der Waals surface area contributed by atoms with E-state index in [1.54, 1.807) is 0 Å². The van der Waals surface area contributed by atoms with Crippen LogP contribution in [0.1, 0.15) is 245 Å². The van der Waals surface area contributed by atoms with Gasteiger partial charge in [0.15, 0.2) is 0 Å². The zero-order valence-electron chi connectivity index (χ0n) is 42.0. The monoisotopic (exact) mass is 881 g/mol. The first-order chi connectivity index (χ1) is 30.6. The number of aliphatic hydroxyl groups excluding tert-OH is 1. The fourth-order valence-electron chi connectivity index (χ4n) is 8.85. The largest absolute Gasteiger partial charge is 0.465 e. The average molecular weight is 881 g/mol. The van der Waals surface area contributed by atoms with Crippen LogP contribution in [0.4, 0.5) is 0 Å². The maximum Gasteiger partial charge on any atom is 0.305 e. The molecule has 0 aromatic carbocycles. The second-order valence-electron chi connectivity index (χ2n) is 19.4. The fraction of sp³-hybridized carbons (Fsp3) is 0.981. The van der Waals surface area contributed by atoms with Crippen LogP contribution >= 0.6 is 0 Å². The predicted molar refractivity (Wildman–Crippen MR) is 264 cm³/mol. The lowest BCUT2D eigenvalue weighted by atomic mass is 9.92. The molecule has 0 saturated carbocycles. The van der Waals surface area contributed by atoms with Gasteiger partial charge in [-0.15, -0.1) is 0 Å². The predicted octanol–water partition coefficient (Wildman–Crippen LogP) is 13.9. The van der Waals surface area contributed by atoms with Crippen LogP contribution in [0.15, 0.2) is 0 Å². The van der Waals surface area contributed by atoms with E-state index in [2.05, 4.69) is 30.6 Å². The quantitative estimate of drug-likeness (QED) is 0.0478. The van der Waals surface area contributed by atoms with E-state index in [-0.39, 0.29) is 19.2 Å². The van der Waals surface area contributed by atoms with E-state index in [4.69, 9.17) is 18.9 Å². The maximum atomic E-state index is 13.2. The molecule has 0 unspecified atom stereocenters. The van der Waals surface area contributed by atoms with Gasteiger partial charge in [-0.1, -0.05) is 213 Å². The third kappa shape index (κ3) is 38.5. The molecule has 0 radical (unpaired) electrons. The number of aliphatic hydroxyl groups is 1. The Morgan fingerprint density at radius 1 is 0.403 bits per heavy atom. The first-order valence-corrected chi connectivity index (χ1v) is 27.5. The van der Waals surface area contributed by atoms with Crippen molar-refractivity contribution in [3.8, 4) is 0 Å². The molecule has 8 nitrogen and oxygen atoms in total. The van der Waals surface area contributed by atoms with Crippen molar-refractivity contribution in [3.63, 3.8) is 0 Å². The molecule has 0 aromatic heterocycles. The second kappa shape index (κ2) is 46.7. The van der Waals surface area contributed by atoms with Crippen molar-refractivity contribution in [2.45, 2.75) is 245 Å². The standard InChI is InChI=1S/C54H108N2O6/c1-4-7-10-13-16-19-22-25-28-31-34-46-59-49-54(50-60-47-35-32-29-26-23-20-17-14-11-8-5-2,51-61-48-36-33-30-27-24-21-18-15-12-9-6-3)52-62-53(58)38-37-39-55-40-42-56(43-41-55)44-45-57/h57H,4-52H2,1-3H3. The van der Waals surface area contributed by atoms with Crippen molar-refractivity contribution < 1.29 is 28.8 Å². The smallest absolute Gasteiger partial charge is 0.305 e. The van der Waals surface area contributed by atoms with Gasteiger partial charge in [-0.05, 0) is 32.2 Å². The van der Waals surface area contributed by atoms with Crippen LogP contribution in [-0.4, -0.2) is 113 Å². The van der Waals surface area contributed by atoms with Crippen LogP contribution in [0.25, 0.3) is 0 Å². The lowest BCUT2D eigenvalue weighted by molar-refractivity contribution is -0.156. The molecule has 1 saturated heterocycles. The summed E-state index contributed by atoms with van der Waals surface area (Å²) in [5.74, 6) is -0.130. The topological polar surface area (TPSA) is 80.7 Å². The normalized spacial score (nSPS) is 14.0. The van der Waals surface area contributed by atoms with Crippen molar-refractivity contribution in [1.29, 1.82) is 0 Å². The SMILES string of the molecule is CCCCCCCCCCCCCOCC(COCCCCCCCCCCCCC)(COCCCCCCCCCCCCC)COC(=O)CCCN1CCN(CCO)CC1. The van der Waals surface area contributed by atoms with Gasteiger partial charge in [-0.3, -0.25) is 9.69 Å². The molecular formula is C54H108N2O6. The summed E-state index contributed by atoms with van der Waals surface area (Å²) in [7, 11) is 0. The van der Waals surface area contributed by atoms with Gasteiger partial charge in [-0.25, -0.2) is 0 Å². The summed E-state index contributed by atoms with van der Waals surface area (Å²) in [5, 5.41) is 9.28. The van der Waals surface area contributed by atoms with Crippen LogP contribution in [-0.2, 0) is 23.7 Å². The van der Waals surface area contributed by atoms with Crippen molar-refractivity contribution in [2.24, 2.45) is 5.41 Å². The molecule has 62 heavy (non-hydrogen) atoms. The van der Waals surface area contributed by atoms with Crippen LogP contribution < -0.4 is 0 Å². The Balaban J connectivity index is 2.67. The molecule has 1 rings (SSSR count). The zero-order valence-corrected chi connectivity index (χ0v) is 42.0. The van der Waals surface area contributed by atoms with E-state index in [0.29, 0.717) is 26.2 Å². The highest BCUT2D eigenvalue weighted by Gasteiger charge is 2.34. The maximum absolute atomic E-state index is 13.2. The number of unbranched alkanes of at least 4 members (excludes halogenated alkanes) is 30. The molecule has 1 heterocycles. The van der Waals surface area contributed by atoms with Gasteiger partial charge in [0.1, 0.15) is 6.61 Å². The van der Waals surface area contributed by atoms with Crippen molar-refractivity contribution in [1.82, 2.24) is 9.80 Å². The number of β-amino-alcohol motifs (C(OH)–C–C–N with tert-alkyl or cyclic N) is 1. The Morgan fingerprint density at radius 2 is 0.694 bits per heavy atom. The van der Waals surface area contributed by atoms with Crippen LogP contribution in [0.3, 0.4) is 0 Å². The summed E-state index contributed by atoms with van der Waals surface area (Å²) in [6.07, 6.45) is 44.7. The number of rotatable bonds is 50. The van der Waals surface area contributed by atoms with Gasteiger partial charge in [0.05, 0.1) is 31.8 Å². The Labute approximate surface area is 386 Å². The van der Waals surface area contributed by atoms with Crippen molar-refractivity contribution >= 4 is 5.97 Å². The van der Waals surface area contributed by atoms with Gasteiger partial charge in [0.2, 0.25) is 0 Å². The van der Waals surface area contributed by atoms with Crippen LogP contribution in [0, 0.1) is 5.41 Å². The lowest BCUT2D eigenvalue weighted by Gasteiger charge is -2.34. The van der Waals surface area contributed by atoms with Crippen molar-refractivity contribution in [3.05, 3.63) is 0 Å². The molecule has 1 aliphatic rings. The molecule has 1 N–H and O–H groups in total. The Bertz CT molecular complexity index is 826. The Hall–Kier alpha value is -0.770. The minimum absolute atomic E-state index is 0.130. The number of hydrogen-bond acceptors (Lipinski definition) is 8. The number of esters is 1. The van der Waals surface area contributed by atoms with Crippen molar-refractivity contribution in [2.75, 3.05) is 92.1 Å². The van der Waals surface area contributed by atoms with E-state index in [0.717, 1.165) is 84.8 Å². The summed E-state index contributed by atoms with van der Waals surface area (Å²) in [4.78, 5) is 18.0. The summed E-state index contributed by atoms with van der Waals surface area (Å²) < 4.78 is 25.5.